The first-order chi connectivity index (χ1) is 12.5. The Balaban J connectivity index is 1.96. The van der Waals surface area contributed by atoms with Crippen LogP contribution in [0.2, 0.25) is 0 Å². The first kappa shape index (κ1) is 18.3. The van der Waals surface area contributed by atoms with Crippen molar-refractivity contribution >= 4 is 17.8 Å². The molecule has 134 valence electrons. The Morgan fingerprint density at radius 3 is 2.69 bits per heavy atom. The van der Waals surface area contributed by atoms with Crippen molar-refractivity contribution in [3.63, 3.8) is 0 Å². The molecule has 0 aliphatic rings. The lowest BCUT2D eigenvalue weighted by Gasteiger charge is -2.12. The number of carbonyl (C=O) groups excluding carboxylic acids is 1. The second kappa shape index (κ2) is 7.79. The van der Waals surface area contributed by atoms with E-state index < -0.39 is 0 Å². The van der Waals surface area contributed by atoms with Crippen LogP contribution in [-0.2, 0) is 6.42 Å². The summed E-state index contributed by atoms with van der Waals surface area (Å²) in [6.45, 7) is 8.11. The molecular weight excluding hydrogens is 344 g/mol. The predicted molar refractivity (Wildman–Crippen MR) is 106 cm³/mol. The third-order valence-corrected chi connectivity index (χ3v) is 4.91. The number of rotatable bonds is 6. The average Bonchev–Trinajstić information content (AvgIpc) is 3.12. The molecule has 0 radical (unpaired) electrons. The van der Waals surface area contributed by atoms with E-state index in [0.29, 0.717) is 11.4 Å². The van der Waals surface area contributed by atoms with E-state index in [1.54, 1.807) is 0 Å². The lowest BCUT2D eigenvalue weighted by molar-refractivity contribution is 0.112. The quantitative estimate of drug-likeness (QED) is 0.552. The smallest absolute Gasteiger partial charge is 0.173 e. The zero-order chi connectivity index (χ0) is 18.7. The molecular formula is C21H22N2O2S. The second-order valence-electron chi connectivity index (χ2n) is 6.41. The number of aromatic nitrogens is 2. The molecule has 0 N–H and O–H groups in total. The van der Waals surface area contributed by atoms with Crippen molar-refractivity contribution in [2.75, 3.05) is 0 Å². The number of benzene rings is 2. The summed E-state index contributed by atoms with van der Waals surface area (Å²) in [5, 5.41) is 0.859. The zero-order valence-corrected chi connectivity index (χ0v) is 16.3. The molecule has 26 heavy (non-hydrogen) atoms. The van der Waals surface area contributed by atoms with Crippen molar-refractivity contribution in [3.05, 3.63) is 53.1 Å². The van der Waals surface area contributed by atoms with E-state index >= 15 is 0 Å². The fraction of sp³-hybridized carbons (Fsp3) is 0.286. The summed E-state index contributed by atoms with van der Waals surface area (Å²) in [6.07, 6.45) is 1.80. The van der Waals surface area contributed by atoms with Crippen molar-refractivity contribution in [2.45, 2.75) is 40.2 Å². The maximum absolute atomic E-state index is 11.3. The number of nitrogens with zero attached hydrogens (tertiary/aromatic N) is 2. The van der Waals surface area contributed by atoms with Crippen molar-refractivity contribution in [2.24, 2.45) is 0 Å². The molecule has 3 aromatic rings. The SMILES string of the molecule is CCc1c(C=O)cccc1-c1nsc(-c2ccc(OC(C)C)c(C)c2)n1. The molecule has 0 aliphatic carbocycles. The number of ether oxygens (including phenoxy) is 1. The Hall–Kier alpha value is -2.53. The minimum absolute atomic E-state index is 0.144. The van der Waals surface area contributed by atoms with Crippen LogP contribution in [0.3, 0.4) is 0 Å². The Morgan fingerprint density at radius 1 is 1.23 bits per heavy atom. The van der Waals surface area contributed by atoms with Gasteiger partial charge >= 0.3 is 0 Å². The Bertz CT molecular complexity index is 932. The van der Waals surface area contributed by atoms with Gasteiger partial charge < -0.3 is 4.74 Å². The van der Waals surface area contributed by atoms with E-state index in [1.807, 2.05) is 58.0 Å². The minimum Gasteiger partial charge on any atom is -0.491 e. The molecule has 4 nitrogen and oxygen atoms in total. The third kappa shape index (κ3) is 3.68. The first-order valence-corrected chi connectivity index (χ1v) is 9.49. The third-order valence-electron chi connectivity index (χ3n) is 4.14. The summed E-state index contributed by atoms with van der Waals surface area (Å²) in [5.74, 6) is 1.56. The Kier molecular flexibility index (Phi) is 5.47. The van der Waals surface area contributed by atoms with E-state index in [1.165, 1.54) is 11.5 Å². The van der Waals surface area contributed by atoms with Gasteiger partial charge in [-0.05, 0) is 68.1 Å². The summed E-state index contributed by atoms with van der Waals surface area (Å²) in [4.78, 5) is 16.0. The van der Waals surface area contributed by atoms with Crippen LogP contribution in [0.25, 0.3) is 22.0 Å². The largest absolute Gasteiger partial charge is 0.491 e. The van der Waals surface area contributed by atoms with Gasteiger partial charge in [-0.2, -0.15) is 4.37 Å². The minimum atomic E-state index is 0.144. The van der Waals surface area contributed by atoms with Crippen LogP contribution >= 0.6 is 11.5 Å². The van der Waals surface area contributed by atoms with Gasteiger partial charge in [0.2, 0.25) is 0 Å². The van der Waals surface area contributed by atoms with Crippen LogP contribution in [-0.4, -0.2) is 21.7 Å². The molecule has 0 bridgehead atoms. The maximum atomic E-state index is 11.3. The van der Waals surface area contributed by atoms with Crippen molar-refractivity contribution in [1.82, 2.24) is 9.36 Å². The summed E-state index contributed by atoms with van der Waals surface area (Å²) < 4.78 is 10.3. The number of carbonyl (C=O) groups is 1. The van der Waals surface area contributed by atoms with Gasteiger partial charge in [0, 0.05) is 16.7 Å². The standard InChI is InChI=1S/C21H22N2O2S/c1-5-17-16(12-24)7-6-8-18(17)20-22-21(26-23-20)15-9-10-19(14(4)11-15)25-13(2)3/h6-13H,5H2,1-4H3. The monoisotopic (exact) mass is 366 g/mol. The molecule has 0 spiro atoms. The molecule has 0 atom stereocenters. The molecule has 5 heteroatoms. The van der Waals surface area contributed by atoms with Crippen LogP contribution in [0.4, 0.5) is 0 Å². The molecule has 0 fully saturated rings. The average molecular weight is 366 g/mol. The highest BCUT2D eigenvalue weighted by Gasteiger charge is 2.14. The molecule has 1 aromatic heterocycles. The fourth-order valence-corrected chi connectivity index (χ4v) is 3.61. The molecule has 3 rings (SSSR count). The van der Waals surface area contributed by atoms with Gasteiger partial charge in [-0.25, -0.2) is 4.98 Å². The second-order valence-corrected chi connectivity index (χ2v) is 7.17. The molecule has 1 heterocycles. The Labute approximate surface area is 158 Å². The van der Waals surface area contributed by atoms with Crippen LogP contribution < -0.4 is 4.74 Å². The number of hydrogen-bond donors (Lipinski definition) is 0. The van der Waals surface area contributed by atoms with Gasteiger partial charge in [0.15, 0.2) is 5.82 Å². The molecule has 0 saturated heterocycles. The highest BCUT2D eigenvalue weighted by atomic mass is 32.1. The molecule has 0 amide bonds. The normalized spacial score (nSPS) is 11.0. The number of aldehydes is 1. The van der Waals surface area contributed by atoms with E-state index in [2.05, 4.69) is 10.4 Å². The first-order valence-electron chi connectivity index (χ1n) is 8.72. The van der Waals surface area contributed by atoms with Gasteiger partial charge in [0.25, 0.3) is 0 Å². The van der Waals surface area contributed by atoms with Gasteiger partial charge in [-0.15, -0.1) is 0 Å². The summed E-state index contributed by atoms with van der Waals surface area (Å²) in [5.41, 5.74) is 4.71. The van der Waals surface area contributed by atoms with E-state index in [9.17, 15) is 4.79 Å². The van der Waals surface area contributed by atoms with E-state index in [0.717, 1.165) is 45.7 Å². The van der Waals surface area contributed by atoms with Gasteiger partial charge in [0.1, 0.15) is 17.0 Å². The zero-order valence-electron chi connectivity index (χ0n) is 15.4. The van der Waals surface area contributed by atoms with E-state index in [4.69, 9.17) is 9.72 Å². The molecule has 0 aliphatic heterocycles. The topological polar surface area (TPSA) is 52.1 Å². The lowest BCUT2D eigenvalue weighted by atomic mass is 9.99. The van der Waals surface area contributed by atoms with Crippen LogP contribution in [0.1, 0.15) is 42.3 Å². The van der Waals surface area contributed by atoms with Gasteiger partial charge in [0.05, 0.1) is 6.10 Å². The van der Waals surface area contributed by atoms with Crippen molar-refractivity contribution in [1.29, 1.82) is 0 Å². The van der Waals surface area contributed by atoms with Gasteiger partial charge in [-0.3, -0.25) is 4.79 Å². The predicted octanol–water partition coefficient (Wildman–Crippen LogP) is 5.34. The van der Waals surface area contributed by atoms with E-state index in [-0.39, 0.29) is 6.10 Å². The van der Waals surface area contributed by atoms with Crippen LogP contribution in [0.15, 0.2) is 36.4 Å². The highest BCUT2D eigenvalue weighted by molar-refractivity contribution is 7.09. The number of aryl methyl sites for hydroxylation is 1. The maximum Gasteiger partial charge on any atom is 0.173 e. The summed E-state index contributed by atoms with van der Waals surface area (Å²) in [6, 6.07) is 11.8. The van der Waals surface area contributed by atoms with Crippen molar-refractivity contribution < 1.29 is 9.53 Å². The fourth-order valence-electron chi connectivity index (χ4n) is 2.94. The van der Waals surface area contributed by atoms with Crippen LogP contribution in [0, 0.1) is 6.92 Å². The highest BCUT2D eigenvalue weighted by Crippen LogP contribution is 2.31. The Morgan fingerprint density at radius 2 is 2.04 bits per heavy atom. The summed E-state index contributed by atoms with van der Waals surface area (Å²) in [7, 11) is 0. The van der Waals surface area contributed by atoms with Crippen LogP contribution in [0.5, 0.6) is 5.75 Å². The van der Waals surface area contributed by atoms with Crippen molar-refractivity contribution in [3.8, 4) is 27.7 Å². The van der Waals surface area contributed by atoms with Gasteiger partial charge in [-0.1, -0.05) is 25.1 Å². The molecule has 0 unspecified atom stereocenters. The molecule has 0 saturated carbocycles. The molecule has 2 aromatic carbocycles. The lowest BCUT2D eigenvalue weighted by Crippen LogP contribution is -2.06. The summed E-state index contributed by atoms with van der Waals surface area (Å²) >= 11 is 1.37. The number of hydrogen-bond acceptors (Lipinski definition) is 5.